The summed E-state index contributed by atoms with van der Waals surface area (Å²) in [4.78, 5) is 0. The fourth-order valence-corrected chi connectivity index (χ4v) is 6.51. The van der Waals surface area contributed by atoms with E-state index in [4.69, 9.17) is 0 Å². The van der Waals surface area contributed by atoms with Gasteiger partial charge in [0.2, 0.25) is 0 Å². The predicted molar refractivity (Wildman–Crippen MR) is 102 cm³/mol. The van der Waals surface area contributed by atoms with E-state index in [1.807, 2.05) is 0 Å². The Balaban J connectivity index is 1.44. The quantitative estimate of drug-likeness (QED) is 0.486. The predicted octanol–water partition coefficient (Wildman–Crippen LogP) is 7.56. The van der Waals surface area contributed by atoms with Crippen molar-refractivity contribution >= 4 is 0 Å². The molecular weight excluding hydrogens is 295 g/mol. The highest BCUT2D eigenvalue weighted by Gasteiger charge is 2.39. The molecule has 0 spiro atoms. The Morgan fingerprint density at radius 1 is 0.667 bits per heavy atom. The Kier molecular flexibility index (Phi) is 7.05. The van der Waals surface area contributed by atoms with Gasteiger partial charge >= 0.3 is 0 Å². The van der Waals surface area contributed by atoms with Crippen LogP contribution in [0.2, 0.25) is 0 Å². The van der Waals surface area contributed by atoms with Crippen LogP contribution in [0.25, 0.3) is 0 Å². The molecule has 0 nitrogen and oxygen atoms in total. The van der Waals surface area contributed by atoms with Crippen LogP contribution in [0.3, 0.4) is 0 Å². The smallest absolute Gasteiger partial charge is 0.103 e. The highest BCUT2D eigenvalue weighted by molar-refractivity contribution is 4.90. The second-order valence-electron chi connectivity index (χ2n) is 9.51. The van der Waals surface area contributed by atoms with Crippen LogP contribution in [0.15, 0.2) is 0 Å². The highest BCUT2D eigenvalue weighted by Crippen LogP contribution is 2.47. The number of hydrogen-bond acceptors (Lipinski definition) is 0. The second kappa shape index (κ2) is 9.04. The molecule has 3 saturated carbocycles. The van der Waals surface area contributed by atoms with E-state index in [1.165, 1.54) is 83.5 Å². The van der Waals surface area contributed by atoms with Crippen LogP contribution in [0, 0.1) is 35.5 Å². The second-order valence-corrected chi connectivity index (χ2v) is 9.51. The van der Waals surface area contributed by atoms with Crippen LogP contribution in [0.5, 0.6) is 0 Å². The summed E-state index contributed by atoms with van der Waals surface area (Å²) in [5.74, 6) is 4.62. The normalized spacial score (nSPS) is 44.4. The van der Waals surface area contributed by atoms with Crippen molar-refractivity contribution in [3.63, 3.8) is 0 Å². The van der Waals surface area contributed by atoms with E-state index in [-0.39, 0.29) is 0 Å². The molecule has 0 bridgehead atoms. The standard InChI is InChI=1S/C23H41F/c1-3-5-18-8-10-19(11-9-18)21-14-15-22(23(24)16-21)20-12-6-17(4-2)7-13-20/h17-23H,3-16H2,1-2H3. The van der Waals surface area contributed by atoms with Gasteiger partial charge in [-0.15, -0.1) is 0 Å². The molecule has 3 aliphatic carbocycles. The molecule has 0 amide bonds. The van der Waals surface area contributed by atoms with Gasteiger partial charge in [0.25, 0.3) is 0 Å². The third-order valence-corrected chi connectivity index (χ3v) is 8.19. The van der Waals surface area contributed by atoms with Gasteiger partial charge in [0, 0.05) is 0 Å². The molecule has 0 aliphatic heterocycles. The minimum atomic E-state index is -0.486. The molecule has 3 aliphatic rings. The molecule has 0 N–H and O–H groups in total. The van der Waals surface area contributed by atoms with Gasteiger partial charge < -0.3 is 0 Å². The number of halogens is 1. The van der Waals surface area contributed by atoms with Crippen LogP contribution in [0.4, 0.5) is 4.39 Å². The minimum Gasteiger partial charge on any atom is -0.247 e. The van der Waals surface area contributed by atoms with Crippen LogP contribution < -0.4 is 0 Å². The van der Waals surface area contributed by atoms with Crippen molar-refractivity contribution in [3.05, 3.63) is 0 Å². The first-order valence-electron chi connectivity index (χ1n) is 11.3. The van der Waals surface area contributed by atoms with E-state index in [1.54, 1.807) is 0 Å². The monoisotopic (exact) mass is 336 g/mol. The number of alkyl halides is 1. The van der Waals surface area contributed by atoms with Crippen molar-refractivity contribution in [2.45, 2.75) is 110 Å². The summed E-state index contributed by atoms with van der Waals surface area (Å²) >= 11 is 0. The Hall–Kier alpha value is -0.0700. The lowest BCUT2D eigenvalue weighted by Crippen LogP contribution is -2.36. The molecule has 0 heterocycles. The molecule has 0 aromatic carbocycles. The average Bonchev–Trinajstić information content (AvgIpc) is 2.63. The SMILES string of the molecule is CCCC1CCC(C2CCC(C3CCC(CC)CC3)C(F)C2)CC1. The zero-order valence-corrected chi connectivity index (χ0v) is 16.3. The third kappa shape index (κ3) is 4.55. The first-order chi connectivity index (χ1) is 11.7. The van der Waals surface area contributed by atoms with Crippen LogP contribution in [0.1, 0.15) is 104 Å². The first kappa shape index (κ1) is 18.7. The van der Waals surface area contributed by atoms with Crippen molar-refractivity contribution in [3.8, 4) is 0 Å². The molecule has 3 fully saturated rings. The van der Waals surface area contributed by atoms with E-state index in [0.29, 0.717) is 17.8 Å². The molecule has 0 aromatic rings. The Morgan fingerprint density at radius 2 is 1.25 bits per heavy atom. The fraction of sp³-hybridized carbons (Fsp3) is 1.00. The van der Waals surface area contributed by atoms with Gasteiger partial charge in [-0.3, -0.25) is 0 Å². The van der Waals surface area contributed by atoms with Crippen molar-refractivity contribution in [2.24, 2.45) is 35.5 Å². The van der Waals surface area contributed by atoms with Crippen molar-refractivity contribution in [1.29, 1.82) is 0 Å². The fourth-order valence-electron chi connectivity index (χ4n) is 6.51. The topological polar surface area (TPSA) is 0 Å². The highest BCUT2D eigenvalue weighted by atomic mass is 19.1. The van der Waals surface area contributed by atoms with E-state index in [2.05, 4.69) is 13.8 Å². The van der Waals surface area contributed by atoms with Gasteiger partial charge in [0.05, 0.1) is 0 Å². The van der Waals surface area contributed by atoms with Crippen LogP contribution in [-0.4, -0.2) is 6.17 Å². The van der Waals surface area contributed by atoms with E-state index in [0.717, 1.165) is 24.2 Å². The van der Waals surface area contributed by atoms with Crippen molar-refractivity contribution in [1.82, 2.24) is 0 Å². The van der Waals surface area contributed by atoms with Crippen molar-refractivity contribution in [2.75, 3.05) is 0 Å². The maximum absolute atomic E-state index is 15.0. The summed E-state index contributed by atoms with van der Waals surface area (Å²) in [5, 5.41) is 0. The number of hydrogen-bond donors (Lipinski definition) is 0. The molecule has 3 rings (SSSR count). The summed E-state index contributed by atoms with van der Waals surface area (Å²) in [6.07, 6.45) is 18.1. The first-order valence-corrected chi connectivity index (χ1v) is 11.3. The summed E-state index contributed by atoms with van der Waals surface area (Å²) in [5.41, 5.74) is 0. The molecule has 0 radical (unpaired) electrons. The van der Waals surface area contributed by atoms with Gasteiger partial charge in [-0.2, -0.15) is 0 Å². The van der Waals surface area contributed by atoms with Crippen LogP contribution in [-0.2, 0) is 0 Å². The molecule has 0 saturated heterocycles. The van der Waals surface area contributed by atoms with Gasteiger partial charge in [0.15, 0.2) is 0 Å². The summed E-state index contributed by atoms with van der Waals surface area (Å²) in [6.45, 7) is 4.64. The van der Waals surface area contributed by atoms with Gasteiger partial charge in [-0.25, -0.2) is 4.39 Å². The molecule has 24 heavy (non-hydrogen) atoms. The molecule has 1 heteroatoms. The third-order valence-electron chi connectivity index (χ3n) is 8.19. The lowest BCUT2D eigenvalue weighted by atomic mass is 9.64. The molecule has 140 valence electrons. The van der Waals surface area contributed by atoms with Gasteiger partial charge in [0.1, 0.15) is 6.17 Å². The zero-order valence-electron chi connectivity index (χ0n) is 16.3. The zero-order chi connectivity index (χ0) is 16.9. The summed E-state index contributed by atoms with van der Waals surface area (Å²) in [7, 11) is 0. The van der Waals surface area contributed by atoms with Gasteiger partial charge in [-0.1, -0.05) is 58.8 Å². The molecule has 0 aromatic heterocycles. The molecule has 3 unspecified atom stereocenters. The van der Waals surface area contributed by atoms with Gasteiger partial charge in [-0.05, 0) is 80.5 Å². The Bertz CT molecular complexity index is 349. The maximum Gasteiger partial charge on any atom is 0.103 e. The van der Waals surface area contributed by atoms with Crippen molar-refractivity contribution < 1.29 is 4.39 Å². The van der Waals surface area contributed by atoms with E-state index < -0.39 is 6.17 Å². The molecule has 3 atom stereocenters. The van der Waals surface area contributed by atoms with E-state index >= 15 is 4.39 Å². The summed E-state index contributed by atoms with van der Waals surface area (Å²) < 4.78 is 15.0. The largest absolute Gasteiger partial charge is 0.247 e. The van der Waals surface area contributed by atoms with Crippen LogP contribution >= 0.6 is 0 Å². The average molecular weight is 337 g/mol. The lowest BCUT2D eigenvalue weighted by Gasteiger charge is -2.43. The number of rotatable bonds is 5. The Morgan fingerprint density at radius 3 is 1.83 bits per heavy atom. The minimum absolute atomic E-state index is 0.412. The summed E-state index contributed by atoms with van der Waals surface area (Å²) in [6, 6.07) is 0. The lowest BCUT2D eigenvalue weighted by molar-refractivity contribution is 0.0329. The molecular formula is C23H41F. The Labute approximate surface area is 150 Å². The van der Waals surface area contributed by atoms with E-state index in [9.17, 15) is 0 Å². The maximum atomic E-state index is 15.0.